The van der Waals surface area contributed by atoms with Crippen LogP contribution in [0.4, 0.5) is 18.9 Å². The monoisotopic (exact) mass is 562 g/mol. The minimum atomic E-state index is -4.71. The molecule has 0 unspecified atom stereocenters. The Labute approximate surface area is 191 Å². The summed E-state index contributed by atoms with van der Waals surface area (Å²) in [6, 6.07) is 11.2. The van der Waals surface area contributed by atoms with Gasteiger partial charge in [-0.05, 0) is 35.9 Å². The van der Waals surface area contributed by atoms with E-state index in [2.05, 4.69) is 6.35 Å². The van der Waals surface area contributed by atoms with Crippen molar-refractivity contribution in [3.05, 3.63) is 70.3 Å². The van der Waals surface area contributed by atoms with E-state index < -0.39 is 44.5 Å². The van der Waals surface area contributed by atoms with Gasteiger partial charge in [0.05, 0.1) is 22.2 Å². The number of hydrogen-bond donors (Lipinski definition) is 1. The maximum absolute atomic E-state index is 13.3. The molecular weight excluding hydrogens is 544 g/mol. The second kappa shape index (κ2) is 9.81. The molecule has 164 valence electrons. The molecule has 0 saturated carbocycles. The summed E-state index contributed by atoms with van der Waals surface area (Å²) in [5.41, 5.74) is 5.39. The summed E-state index contributed by atoms with van der Waals surface area (Å²) in [4.78, 5) is 14.1. The maximum atomic E-state index is 13.3. The van der Waals surface area contributed by atoms with Crippen LogP contribution in [0.2, 0.25) is 0 Å². The number of primary amides is 1. The molecule has 0 aromatic heterocycles. The van der Waals surface area contributed by atoms with E-state index in [9.17, 15) is 18.0 Å². The van der Waals surface area contributed by atoms with E-state index in [1.54, 1.807) is 6.20 Å². The lowest BCUT2D eigenvalue weighted by Gasteiger charge is -2.16. The fraction of sp³-hybridized carbons (Fsp3) is 0.200. The lowest BCUT2D eigenvalue weighted by Crippen LogP contribution is -2.18. The fourth-order valence-electron chi connectivity index (χ4n) is 2.62. The maximum Gasteiger partial charge on any atom is 0.417 e. The first kappa shape index (κ1) is 23.3. The summed E-state index contributed by atoms with van der Waals surface area (Å²) < 4.78 is 54.4. The Hall–Kier alpha value is -2.41. The SMILES string of the molecule is CN(C)c1cccc(COC2=NI=NC=C2Sc2ccc(C(N)=O)c(C(F)(F)F)c2)c1. The number of amides is 1. The van der Waals surface area contributed by atoms with E-state index >= 15 is 0 Å². The van der Waals surface area contributed by atoms with Gasteiger partial charge in [-0.3, -0.25) is 4.79 Å². The van der Waals surface area contributed by atoms with Crippen molar-refractivity contribution in [2.24, 2.45) is 12.1 Å². The van der Waals surface area contributed by atoms with Crippen LogP contribution in [0.25, 0.3) is 0 Å². The van der Waals surface area contributed by atoms with E-state index in [0.717, 1.165) is 35.1 Å². The van der Waals surface area contributed by atoms with Crippen molar-refractivity contribution in [3.63, 3.8) is 0 Å². The molecule has 0 aliphatic carbocycles. The Morgan fingerprint density at radius 2 is 2.00 bits per heavy atom. The number of hydrogen-bond acceptors (Lipinski definition) is 6. The number of rotatable bonds is 6. The summed E-state index contributed by atoms with van der Waals surface area (Å²) in [5, 5.41) is 0. The zero-order valence-corrected chi connectivity index (χ0v) is 19.5. The van der Waals surface area contributed by atoms with Crippen LogP contribution in [0.3, 0.4) is 0 Å². The molecule has 11 heteroatoms. The van der Waals surface area contributed by atoms with Gasteiger partial charge in [0.15, 0.2) is 0 Å². The molecular formula is C20H18F3IN4O2S. The number of nitrogens with two attached hydrogens (primary N) is 1. The quantitative estimate of drug-likeness (QED) is 0.472. The highest BCUT2D eigenvalue weighted by Gasteiger charge is 2.35. The van der Waals surface area contributed by atoms with Crippen molar-refractivity contribution < 1.29 is 22.7 Å². The van der Waals surface area contributed by atoms with Gasteiger partial charge in [0.2, 0.25) is 11.8 Å². The second-order valence-electron chi connectivity index (χ2n) is 6.58. The van der Waals surface area contributed by atoms with Crippen molar-refractivity contribution in [2.75, 3.05) is 19.0 Å². The summed E-state index contributed by atoms with van der Waals surface area (Å²) in [6.45, 7) is 0.260. The standard InChI is InChI=1S/C20H18F3IN4O2S/c1-28(2)13-5-3-4-12(8-13)11-30-19-17(10-26-24-27-19)31-14-6-7-15(18(25)29)16(9-14)20(21,22)23/h3-10H,11H2,1-2H3,(H2,25,29). The lowest BCUT2D eigenvalue weighted by atomic mass is 10.1. The van der Waals surface area contributed by atoms with Gasteiger partial charge in [-0.1, -0.05) is 23.9 Å². The van der Waals surface area contributed by atoms with E-state index in [1.165, 1.54) is 6.07 Å². The smallest absolute Gasteiger partial charge is 0.417 e. The van der Waals surface area contributed by atoms with Crippen molar-refractivity contribution in [1.82, 2.24) is 0 Å². The van der Waals surface area contributed by atoms with Gasteiger partial charge in [0.1, 0.15) is 27.9 Å². The zero-order chi connectivity index (χ0) is 22.6. The molecule has 1 heterocycles. The number of thioether (sulfide) groups is 1. The second-order valence-corrected chi connectivity index (χ2v) is 9.17. The molecule has 0 radical (unpaired) electrons. The molecule has 1 amide bonds. The number of halogens is 4. The van der Waals surface area contributed by atoms with Crippen LogP contribution in [0.5, 0.6) is 0 Å². The zero-order valence-electron chi connectivity index (χ0n) is 16.5. The number of carbonyl (C=O) groups is 1. The number of ether oxygens (including phenoxy) is 1. The average Bonchev–Trinajstić information content (AvgIpc) is 2.72. The molecule has 0 spiro atoms. The molecule has 6 nitrogen and oxygen atoms in total. The highest BCUT2D eigenvalue weighted by Crippen LogP contribution is 2.38. The van der Waals surface area contributed by atoms with Gasteiger partial charge in [-0.2, -0.15) is 16.4 Å². The molecule has 2 aromatic rings. The van der Waals surface area contributed by atoms with Crippen molar-refractivity contribution in [3.8, 4) is 0 Å². The minimum absolute atomic E-state index is 0.260. The fourth-order valence-corrected chi connectivity index (χ4v) is 4.96. The molecule has 0 saturated heterocycles. The van der Waals surface area contributed by atoms with Crippen molar-refractivity contribution in [1.29, 1.82) is 0 Å². The van der Waals surface area contributed by atoms with Crippen LogP contribution in [0.1, 0.15) is 21.5 Å². The molecule has 0 bridgehead atoms. The van der Waals surface area contributed by atoms with Gasteiger partial charge < -0.3 is 15.4 Å². The molecule has 31 heavy (non-hydrogen) atoms. The first-order valence-corrected chi connectivity index (χ1v) is 11.6. The van der Waals surface area contributed by atoms with Crippen LogP contribution >= 0.6 is 33.1 Å². The van der Waals surface area contributed by atoms with Crippen LogP contribution in [0.15, 0.2) is 64.8 Å². The van der Waals surface area contributed by atoms with Crippen molar-refractivity contribution >= 4 is 50.6 Å². The summed E-state index contributed by atoms with van der Waals surface area (Å²) in [5.74, 6) is -0.790. The Morgan fingerprint density at radius 1 is 1.23 bits per heavy atom. The van der Waals surface area contributed by atoms with Gasteiger partial charge >= 0.3 is 6.18 Å². The van der Waals surface area contributed by atoms with Gasteiger partial charge in [-0.25, -0.2) is 3.15 Å². The van der Waals surface area contributed by atoms with E-state index in [1.807, 2.05) is 43.3 Å². The highest BCUT2D eigenvalue weighted by molar-refractivity contribution is 14.1. The Kier molecular flexibility index (Phi) is 7.36. The summed E-state index contributed by atoms with van der Waals surface area (Å²) >= 11 is 0.216. The van der Waals surface area contributed by atoms with Gasteiger partial charge in [0, 0.05) is 24.7 Å². The third-order valence-corrected chi connectivity index (χ3v) is 6.30. The number of nitrogens with zero attached hydrogens (tertiary/aromatic N) is 3. The Balaban J connectivity index is 1.78. The van der Waals surface area contributed by atoms with Crippen LogP contribution < -0.4 is 10.6 Å². The third kappa shape index (κ3) is 6.06. The van der Waals surface area contributed by atoms with Crippen LogP contribution in [-0.4, -0.2) is 25.9 Å². The van der Waals surface area contributed by atoms with Crippen LogP contribution in [0, 0.1) is 0 Å². The predicted molar refractivity (Wildman–Crippen MR) is 123 cm³/mol. The topological polar surface area (TPSA) is 80.3 Å². The molecule has 2 aromatic carbocycles. The van der Waals surface area contributed by atoms with Gasteiger partial charge in [0.25, 0.3) is 0 Å². The first-order valence-electron chi connectivity index (χ1n) is 8.85. The van der Waals surface area contributed by atoms with Crippen LogP contribution in [-0.2, 0) is 17.5 Å². The third-order valence-electron chi connectivity index (χ3n) is 4.13. The lowest BCUT2D eigenvalue weighted by molar-refractivity contribution is -0.138. The molecule has 1 aliphatic heterocycles. The van der Waals surface area contributed by atoms with E-state index in [0.29, 0.717) is 10.8 Å². The number of carbonyl (C=O) groups excluding carboxylic acids is 1. The summed E-state index contributed by atoms with van der Waals surface area (Å²) in [7, 11) is 3.88. The number of anilines is 1. The van der Waals surface area contributed by atoms with Gasteiger partial charge in [-0.15, -0.1) is 0 Å². The molecule has 2 N–H and O–H groups in total. The average molecular weight is 562 g/mol. The molecule has 3 rings (SSSR count). The van der Waals surface area contributed by atoms with Crippen molar-refractivity contribution in [2.45, 2.75) is 17.7 Å². The van der Waals surface area contributed by atoms with E-state index in [4.69, 9.17) is 10.5 Å². The largest absolute Gasteiger partial charge is 0.472 e. The Morgan fingerprint density at radius 3 is 2.68 bits per heavy atom. The normalized spacial score (nSPS) is 13.7. The van der Waals surface area contributed by atoms with E-state index in [-0.39, 0.29) is 11.5 Å². The highest BCUT2D eigenvalue weighted by atomic mass is 127. The molecule has 1 aliphatic rings. The number of benzene rings is 2. The molecule has 0 fully saturated rings. The molecule has 0 atom stereocenters. The Bertz CT molecular complexity index is 1080. The minimum Gasteiger partial charge on any atom is -0.472 e. The first-order chi connectivity index (χ1) is 14.6. The predicted octanol–water partition coefficient (Wildman–Crippen LogP) is 5.50. The summed E-state index contributed by atoms with van der Waals surface area (Å²) in [6.07, 6.45) is -3.14. The number of alkyl halides is 3.